The second-order valence-corrected chi connectivity index (χ2v) is 6.18. The fourth-order valence-corrected chi connectivity index (χ4v) is 3.59. The number of hydrogen-bond acceptors (Lipinski definition) is 2. The highest BCUT2D eigenvalue weighted by molar-refractivity contribution is 7.19. The molecule has 1 aromatic heterocycles. The maximum Gasteiger partial charge on any atom is 0.0349 e. The highest BCUT2D eigenvalue weighted by Crippen LogP contribution is 2.33. The van der Waals surface area contributed by atoms with Crippen LogP contribution >= 0.6 is 11.3 Å². The third kappa shape index (κ3) is 2.60. The van der Waals surface area contributed by atoms with Gasteiger partial charge in [-0.1, -0.05) is 33.8 Å². The van der Waals surface area contributed by atoms with Gasteiger partial charge in [-0.05, 0) is 47.5 Å². The van der Waals surface area contributed by atoms with Gasteiger partial charge in [0.1, 0.15) is 0 Å². The summed E-state index contributed by atoms with van der Waals surface area (Å²) in [7, 11) is 0. The van der Waals surface area contributed by atoms with Crippen molar-refractivity contribution in [2.45, 2.75) is 46.6 Å². The van der Waals surface area contributed by atoms with E-state index in [1.54, 1.807) is 5.56 Å². The fraction of sp³-hybridized carbons (Fsp3) is 0.500. The predicted octanol–water partition coefficient (Wildman–Crippen LogP) is 4.70. The summed E-state index contributed by atoms with van der Waals surface area (Å²) in [5.41, 5.74) is 2.99. The van der Waals surface area contributed by atoms with Gasteiger partial charge in [-0.3, -0.25) is 0 Å². The Morgan fingerprint density at radius 2 is 2.00 bits per heavy atom. The first-order valence-electron chi connectivity index (χ1n) is 6.92. The minimum atomic E-state index is 0.608. The van der Waals surface area contributed by atoms with Crippen LogP contribution in [0.4, 0.5) is 0 Å². The molecule has 0 amide bonds. The van der Waals surface area contributed by atoms with Crippen molar-refractivity contribution in [3.05, 3.63) is 34.2 Å². The van der Waals surface area contributed by atoms with Crippen molar-refractivity contribution in [2.24, 2.45) is 0 Å². The zero-order valence-electron chi connectivity index (χ0n) is 11.8. The summed E-state index contributed by atoms with van der Waals surface area (Å²) in [4.78, 5) is 1.51. The first kappa shape index (κ1) is 13.6. The number of aryl methyl sites for hydroxylation is 1. The summed E-state index contributed by atoms with van der Waals surface area (Å²) in [5.74, 6) is 0.608. The van der Waals surface area contributed by atoms with E-state index in [9.17, 15) is 0 Å². The molecular formula is C16H23NS. The molecular weight excluding hydrogens is 238 g/mol. The molecule has 2 heteroatoms. The summed E-state index contributed by atoms with van der Waals surface area (Å²) in [5, 5.41) is 4.92. The van der Waals surface area contributed by atoms with Crippen LogP contribution in [0.5, 0.6) is 0 Å². The molecule has 2 aromatic rings. The fourth-order valence-electron chi connectivity index (χ4n) is 2.35. The maximum absolute atomic E-state index is 3.45. The monoisotopic (exact) mass is 261 g/mol. The predicted molar refractivity (Wildman–Crippen MR) is 82.7 cm³/mol. The smallest absolute Gasteiger partial charge is 0.0349 e. The molecule has 0 atom stereocenters. The van der Waals surface area contributed by atoms with Gasteiger partial charge in [0, 0.05) is 16.1 Å². The van der Waals surface area contributed by atoms with Crippen molar-refractivity contribution >= 4 is 21.4 Å². The van der Waals surface area contributed by atoms with Crippen LogP contribution in [0.3, 0.4) is 0 Å². The Morgan fingerprint density at radius 1 is 1.22 bits per heavy atom. The number of benzene rings is 1. The first-order chi connectivity index (χ1) is 8.67. The lowest BCUT2D eigenvalue weighted by Crippen LogP contribution is -2.11. The number of rotatable bonds is 5. The van der Waals surface area contributed by atoms with Gasteiger partial charge in [-0.2, -0.15) is 0 Å². The van der Waals surface area contributed by atoms with Crippen LogP contribution in [0.1, 0.15) is 49.6 Å². The van der Waals surface area contributed by atoms with Gasteiger partial charge >= 0.3 is 0 Å². The quantitative estimate of drug-likeness (QED) is 0.823. The summed E-state index contributed by atoms with van der Waals surface area (Å²) in [6.45, 7) is 11.0. The molecule has 1 aromatic carbocycles. The molecule has 0 unspecified atom stereocenters. The molecule has 98 valence electrons. The summed E-state index contributed by atoms with van der Waals surface area (Å²) in [6.07, 6.45) is 1.13. The van der Waals surface area contributed by atoms with Gasteiger partial charge in [-0.25, -0.2) is 0 Å². The van der Waals surface area contributed by atoms with Crippen LogP contribution in [0.15, 0.2) is 18.2 Å². The Balaban J connectivity index is 2.48. The molecule has 2 rings (SSSR count). The molecule has 0 aliphatic rings. The minimum Gasteiger partial charge on any atom is -0.312 e. The highest BCUT2D eigenvalue weighted by atomic mass is 32.1. The molecule has 0 fully saturated rings. The average Bonchev–Trinajstić information content (AvgIpc) is 2.72. The molecule has 0 aliphatic carbocycles. The van der Waals surface area contributed by atoms with E-state index < -0.39 is 0 Å². The van der Waals surface area contributed by atoms with Gasteiger partial charge in [0.05, 0.1) is 0 Å². The van der Waals surface area contributed by atoms with Gasteiger partial charge in [0.15, 0.2) is 0 Å². The van der Waals surface area contributed by atoms with E-state index in [-0.39, 0.29) is 0 Å². The molecule has 1 N–H and O–H groups in total. The van der Waals surface area contributed by atoms with Crippen molar-refractivity contribution < 1.29 is 0 Å². The van der Waals surface area contributed by atoms with E-state index in [1.807, 2.05) is 11.3 Å². The Kier molecular flexibility index (Phi) is 4.41. The van der Waals surface area contributed by atoms with Crippen LogP contribution in [0, 0.1) is 0 Å². The van der Waals surface area contributed by atoms with Crippen LogP contribution in [0.25, 0.3) is 10.1 Å². The van der Waals surface area contributed by atoms with Crippen LogP contribution < -0.4 is 5.32 Å². The Labute approximate surface area is 114 Å². The van der Waals surface area contributed by atoms with E-state index in [1.165, 1.54) is 20.5 Å². The summed E-state index contributed by atoms with van der Waals surface area (Å²) in [6, 6.07) is 6.97. The maximum atomic E-state index is 3.45. The Morgan fingerprint density at radius 3 is 2.61 bits per heavy atom. The van der Waals surface area contributed by atoms with Gasteiger partial charge in [0.25, 0.3) is 0 Å². The van der Waals surface area contributed by atoms with E-state index in [2.05, 4.69) is 51.2 Å². The molecule has 0 saturated heterocycles. The number of thiophene rings is 1. The normalized spacial score (nSPS) is 11.6. The molecule has 0 aliphatic heterocycles. The van der Waals surface area contributed by atoms with Crippen LogP contribution in [-0.2, 0) is 13.0 Å². The largest absolute Gasteiger partial charge is 0.312 e. The third-order valence-corrected chi connectivity index (χ3v) is 4.67. The Hall–Kier alpha value is -0.860. The lowest BCUT2D eigenvalue weighted by atomic mass is 9.99. The zero-order valence-corrected chi connectivity index (χ0v) is 12.7. The highest BCUT2D eigenvalue weighted by Gasteiger charge is 2.11. The van der Waals surface area contributed by atoms with E-state index in [0.29, 0.717) is 5.92 Å². The summed E-state index contributed by atoms with van der Waals surface area (Å²) < 4.78 is 1.43. The molecule has 0 radical (unpaired) electrons. The SMILES string of the molecule is CCNCc1sc2ccc(C(C)C)cc2c1CC. The number of fused-ring (bicyclic) bond motifs is 1. The molecule has 18 heavy (non-hydrogen) atoms. The molecule has 0 bridgehead atoms. The second kappa shape index (κ2) is 5.85. The first-order valence-corrected chi connectivity index (χ1v) is 7.73. The molecule has 1 nitrogen and oxygen atoms in total. The standard InChI is InChI=1S/C16H23NS/c1-5-13-14-9-12(11(3)4)7-8-15(14)18-16(13)10-17-6-2/h7-9,11,17H,5-6,10H2,1-4H3. The number of nitrogens with one attached hydrogen (secondary N) is 1. The molecule has 1 heterocycles. The van der Waals surface area contributed by atoms with Crippen molar-refractivity contribution in [3.63, 3.8) is 0 Å². The minimum absolute atomic E-state index is 0.608. The van der Waals surface area contributed by atoms with E-state index >= 15 is 0 Å². The van der Waals surface area contributed by atoms with Crippen molar-refractivity contribution in [3.8, 4) is 0 Å². The third-order valence-electron chi connectivity index (χ3n) is 3.45. The zero-order chi connectivity index (χ0) is 13.1. The van der Waals surface area contributed by atoms with Crippen LogP contribution in [-0.4, -0.2) is 6.54 Å². The Bertz CT molecular complexity index is 525. The van der Waals surface area contributed by atoms with Crippen molar-refractivity contribution in [2.75, 3.05) is 6.54 Å². The molecule has 0 spiro atoms. The lowest BCUT2D eigenvalue weighted by molar-refractivity contribution is 0.731. The van der Waals surface area contributed by atoms with Gasteiger partial charge in [0.2, 0.25) is 0 Å². The number of hydrogen-bond donors (Lipinski definition) is 1. The van der Waals surface area contributed by atoms with Crippen LogP contribution in [0.2, 0.25) is 0 Å². The topological polar surface area (TPSA) is 12.0 Å². The van der Waals surface area contributed by atoms with Gasteiger partial charge in [-0.15, -0.1) is 11.3 Å². The second-order valence-electron chi connectivity index (χ2n) is 5.05. The lowest BCUT2D eigenvalue weighted by Gasteiger charge is -2.06. The summed E-state index contributed by atoms with van der Waals surface area (Å²) >= 11 is 1.95. The van der Waals surface area contributed by atoms with Crippen molar-refractivity contribution in [1.82, 2.24) is 5.32 Å². The molecule has 0 saturated carbocycles. The average molecular weight is 261 g/mol. The van der Waals surface area contributed by atoms with E-state index in [0.717, 1.165) is 19.5 Å². The van der Waals surface area contributed by atoms with Gasteiger partial charge < -0.3 is 5.32 Å². The van der Waals surface area contributed by atoms with Crippen molar-refractivity contribution in [1.29, 1.82) is 0 Å². The van der Waals surface area contributed by atoms with E-state index in [4.69, 9.17) is 0 Å².